The summed E-state index contributed by atoms with van der Waals surface area (Å²) in [6.45, 7) is 9.14. The van der Waals surface area contributed by atoms with Crippen molar-refractivity contribution in [2.75, 3.05) is 19.0 Å². The first-order valence-corrected chi connectivity index (χ1v) is 6.76. The van der Waals surface area contributed by atoms with Gasteiger partial charge in [-0.05, 0) is 10.8 Å². The van der Waals surface area contributed by atoms with Crippen molar-refractivity contribution >= 4 is 21.8 Å². The van der Waals surface area contributed by atoms with Gasteiger partial charge in [0.2, 0.25) is 5.91 Å². The summed E-state index contributed by atoms with van der Waals surface area (Å²) >= 11 is 3.38. The molecule has 1 rings (SSSR count). The summed E-state index contributed by atoms with van der Waals surface area (Å²) in [7, 11) is 1.65. The second-order valence-electron chi connectivity index (χ2n) is 5.69. The highest BCUT2D eigenvalue weighted by Crippen LogP contribution is 2.68. The summed E-state index contributed by atoms with van der Waals surface area (Å²) < 4.78 is 5.06. The Morgan fingerprint density at radius 1 is 1.38 bits per heavy atom. The van der Waals surface area contributed by atoms with Gasteiger partial charge in [-0.15, -0.1) is 0 Å². The average Bonchev–Trinajstić information content (AvgIpc) is 2.56. The predicted molar refractivity (Wildman–Crippen MR) is 68.7 cm³/mol. The molecule has 1 atom stereocenters. The summed E-state index contributed by atoms with van der Waals surface area (Å²) in [4.78, 5) is 12.1. The Kier molecular flexibility index (Phi) is 4.06. The van der Waals surface area contributed by atoms with Crippen molar-refractivity contribution in [3.05, 3.63) is 0 Å². The number of rotatable bonds is 5. The van der Waals surface area contributed by atoms with Crippen molar-refractivity contribution in [3.63, 3.8) is 0 Å². The molecule has 0 aromatic rings. The lowest BCUT2D eigenvalue weighted by Gasteiger charge is -2.15. The van der Waals surface area contributed by atoms with Crippen LogP contribution in [0.3, 0.4) is 0 Å². The van der Waals surface area contributed by atoms with Crippen molar-refractivity contribution in [1.29, 1.82) is 0 Å². The number of halogens is 1. The van der Waals surface area contributed by atoms with Crippen LogP contribution in [0.1, 0.15) is 27.7 Å². The summed E-state index contributed by atoms with van der Waals surface area (Å²) in [6.07, 6.45) is 0. The molecule has 0 spiro atoms. The number of methoxy groups -OCH3 is 1. The van der Waals surface area contributed by atoms with E-state index in [1.54, 1.807) is 7.11 Å². The quantitative estimate of drug-likeness (QED) is 0.789. The molecule has 0 aromatic carbocycles. The highest BCUT2D eigenvalue weighted by Gasteiger charge is 2.68. The van der Waals surface area contributed by atoms with Gasteiger partial charge >= 0.3 is 0 Å². The second kappa shape index (κ2) is 4.65. The van der Waals surface area contributed by atoms with Gasteiger partial charge in [0.05, 0.1) is 12.6 Å². The molecule has 1 amide bonds. The van der Waals surface area contributed by atoms with Crippen LogP contribution >= 0.6 is 15.9 Å². The molecular weight excluding hydrogens is 270 g/mol. The van der Waals surface area contributed by atoms with Gasteiger partial charge in [-0.1, -0.05) is 43.6 Å². The maximum Gasteiger partial charge on any atom is 0.224 e. The van der Waals surface area contributed by atoms with Crippen molar-refractivity contribution in [2.24, 2.45) is 16.7 Å². The van der Waals surface area contributed by atoms with Gasteiger partial charge in [0.1, 0.15) is 0 Å². The first-order chi connectivity index (χ1) is 7.29. The van der Waals surface area contributed by atoms with Gasteiger partial charge < -0.3 is 10.1 Å². The maximum atomic E-state index is 12.1. The van der Waals surface area contributed by atoms with E-state index >= 15 is 0 Å². The number of ether oxygens (including phenoxy) is 1. The first-order valence-electron chi connectivity index (χ1n) is 5.64. The fourth-order valence-corrected chi connectivity index (χ4v) is 2.81. The van der Waals surface area contributed by atoms with Crippen LogP contribution in [0.5, 0.6) is 0 Å². The molecule has 1 aliphatic carbocycles. The smallest absolute Gasteiger partial charge is 0.224 e. The van der Waals surface area contributed by atoms with E-state index in [0.29, 0.717) is 6.61 Å². The standard InChI is InChI=1S/C12H22BrNO2/c1-11(2)9(12(11,3)4)10(15)14-8(6-13)7-16-5/h8-9H,6-7H2,1-5H3,(H,14,15). The number of hydrogen-bond donors (Lipinski definition) is 1. The van der Waals surface area contributed by atoms with Crippen LogP contribution in [-0.4, -0.2) is 31.0 Å². The number of nitrogens with one attached hydrogen (secondary N) is 1. The molecule has 16 heavy (non-hydrogen) atoms. The van der Waals surface area contributed by atoms with Crippen LogP contribution in [0.4, 0.5) is 0 Å². The number of amides is 1. The molecule has 94 valence electrons. The fraction of sp³-hybridized carbons (Fsp3) is 0.917. The van der Waals surface area contributed by atoms with Crippen molar-refractivity contribution in [3.8, 4) is 0 Å². The third kappa shape index (κ3) is 2.28. The summed E-state index contributed by atoms with van der Waals surface area (Å²) in [5.74, 6) is 0.259. The van der Waals surface area contributed by atoms with Gasteiger partial charge in [-0.2, -0.15) is 0 Å². The molecule has 4 heteroatoms. The lowest BCUT2D eigenvalue weighted by molar-refractivity contribution is -0.124. The van der Waals surface area contributed by atoms with Crippen LogP contribution in [0.2, 0.25) is 0 Å². The molecule has 0 heterocycles. The molecule has 1 saturated carbocycles. The first kappa shape index (κ1) is 14.0. The normalized spacial score (nSPS) is 23.9. The zero-order valence-corrected chi connectivity index (χ0v) is 12.3. The molecule has 3 nitrogen and oxygen atoms in total. The molecule has 0 radical (unpaired) electrons. The summed E-state index contributed by atoms with van der Waals surface area (Å²) in [5, 5.41) is 3.75. The van der Waals surface area contributed by atoms with Crippen LogP contribution < -0.4 is 5.32 Å². The molecule has 1 fully saturated rings. The van der Waals surface area contributed by atoms with E-state index in [-0.39, 0.29) is 28.7 Å². The molecule has 1 aliphatic rings. The van der Waals surface area contributed by atoms with Gasteiger partial charge in [-0.25, -0.2) is 0 Å². The van der Waals surface area contributed by atoms with Crippen LogP contribution in [0, 0.1) is 16.7 Å². The monoisotopic (exact) mass is 291 g/mol. The van der Waals surface area contributed by atoms with Crippen molar-refractivity contribution in [1.82, 2.24) is 5.32 Å². The van der Waals surface area contributed by atoms with E-state index in [9.17, 15) is 4.79 Å². The maximum absolute atomic E-state index is 12.1. The molecule has 0 aliphatic heterocycles. The van der Waals surface area contributed by atoms with E-state index in [1.165, 1.54) is 0 Å². The van der Waals surface area contributed by atoms with Gasteiger partial charge in [0, 0.05) is 18.4 Å². The Bertz CT molecular complexity index is 262. The van der Waals surface area contributed by atoms with Crippen LogP contribution in [-0.2, 0) is 9.53 Å². The second-order valence-corrected chi connectivity index (χ2v) is 6.34. The van der Waals surface area contributed by atoms with Gasteiger partial charge in [0.15, 0.2) is 0 Å². The van der Waals surface area contributed by atoms with E-state index in [0.717, 1.165) is 5.33 Å². The Balaban J connectivity index is 2.55. The largest absolute Gasteiger partial charge is 0.383 e. The molecule has 1 N–H and O–H groups in total. The molecule has 0 aromatic heterocycles. The summed E-state index contributed by atoms with van der Waals surface area (Å²) in [5.41, 5.74) is 0.196. The van der Waals surface area contributed by atoms with E-state index in [2.05, 4.69) is 48.9 Å². The van der Waals surface area contributed by atoms with E-state index < -0.39 is 0 Å². The Morgan fingerprint density at radius 2 is 1.88 bits per heavy atom. The number of carbonyl (C=O) groups excluding carboxylic acids is 1. The van der Waals surface area contributed by atoms with Gasteiger partial charge in [0.25, 0.3) is 0 Å². The third-order valence-corrected chi connectivity index (χ3v) is 4.96. The van der Waals surface area contributed by atoms with E-state index in [1.807, 2.05) is 0 Å². The van der Waals surface area contributed by atoms with Crippen LogP contribution in [0.15, 0.2) is 0 Å². The molecule has 1 unspecified atom stereocenters. The topological polar surface area (TPSA) is 38.3 Å². The highest BCUT2D eigenvalue weighted by molar-refractivity contribution is 9.09. The Morgan fingerprint density at radius 3 is 2.19 bits per heavy atom. The number of carbonyl (C=O) groups is 1. The molecular formula is C12H22BrNO2. The lowest BCUT2D eigenvalue weighted by atomic mass is 10.0. The molecule has 0 bridgehead atoms. The zero-order valence-electron chi connectivity index (χ0n) is 10.8. The summed E-state index contributed by atoms with van der Waals surface area (Å²) in [6, 6.07) is 0.0599. The van der Waals surface area contributed by atoms with Crippen LogP contribution in [0.25, 0.3) is 0 Å². The fourth-order valence-electron chi connectivity index (χ4n) is 2.46. The Hall–Kier alpha value is -0.0900. The zero-order chi connectivity index (χ0) is 12.6. The minimum Gasteiger partial charge on any atom is -0.383 e. The third-order valence-electron chi connectivity index (χ3n) is 4.18. The van der Waals surface area contributed by atoms with E-state index in [4.69, 9.17) is 4.74 Å². The predicted octanol–water partition coefficient (Wildman–Crippen LogP) is 2.19. The average molecular weight is 292 g/mol. The van der Waals surface area contributed by atoms with Crippen molar-refractivity contribution in [2.45, 2.75) is 33.7 Å². The SMILES string of the molecule is COCC(CBr)NC(=O)C1C(C)(C)C1(C)C. The Labute approximate surface area is 106 Å². The minimum atomic E-state index is 0.0599. The minimum absolute atomic E-state index is 0.0599. The number of alkyl halides is 1. The molecule has 0 saturated heterocycles. The lowest BCUT2D eigenvalue weighted by Crippen LogP contribution is -2.41. The highest BCUT2D eigenvalue weighted by atomic mass is 79.9. The number of hydrogen-bond acceptors (Lipinski definition) is 2. The van der Waals surface area contributed by atoms with Gasteiger partial charge in [-0.3, -0.25) is 4.79 Å². The van der Waals surface area contributed by atoms with Crippen molar-refractivity contribution < 1.29 is 9.53 Å².